The number of nitrogens with zero attached hydrogens (tertiary/aromatic N) is 2. The first-order valence-electron chi connectivity index (χ1n) is 6.07. The summed E-state index contributed by atoms with van der Waals surface area (Å²) in [7, 11) is 1.95. The number of rotatable bonds is 1. The minimum Gasteiger partial charge on any atom is -0.381 e. The summed E-state index contributed by atoms with van der Waals surface area (Å²) in [5.41, 5.74) is 2.06. The third-order valence-corrected chi connectivity index (χ3v) is 2.92. The lowest BCUT2D eigenvalue weighted by Crippen LogP contribution is -1.78. The molecule has 2 aromatic rings. The van der Waals surface area contributed by atoms with Crippen molar-refractivity contribution in [3.8, 4) is 11.3 Å². The zero-order valence-corrected chi connectivity index (χ0v) is 11.2. The maximum atomic E-state index is 5.78. The molecule has 0 aliphatic carbocycles. The predicted octanol–water partition coefficient (Wildman–Crippen LogP) is 3.54. The lowest BCUT2D eigenvalue weighted by atomic mass is 10.2. The summed E-state index contributed by atoms with van der Waals surface area (Å²) in [6.45, 7) is 2.00. The van der Waals surface area contributed by atoms with Crippen LogP contribution in [0.5, 0.6) is 0 Å². The lowest BCUT2D eigenvalue weighted by Gasteiger charge is -1.95. The number of halogens is 1. The van der Waals surface area contributed by atoms with Crippen molar-refractivity contribution in [2.24, 2.45) is 7.05 Å². The van der Waals surface area contributed by atoms with Gasteiger partial charge in [-0.15, -0.1) is 0 Å². The molecule has 1 saturated heterocycles. The van der Waals surface area contributed by atoms with E-state index in [1.54, 1.807) is 6.33 Å². The Kier molecular flexibility index (Phi) is 4.79. The van der Waals surface area contributed by atoms with Crippen LogP contribution in [0, 0.1) is 0 Å². The van der Waals surface area contributed by atoms with Gasteiger partial charge in [-0.05, 0) is 25.0 Å². The van der Waals surface area contributed by atoms with E-state index in [0.29, 0.717) is 0 Å². The summed E-state index contributed by atoms with van der Waals surface area (Å²) in [4.78, 5) is 4.24. The number of imidazole rings is 1. The molecule has 0 bridgehead atoms. The Hall–Kier alpha value is -1.32. The van der Waals surface area contributed by atoms with Crippen LogP contribution in [0.3, 0.4) is 0 Å². The Morgan fingerprint density at radius 1 is 1.17 bits per heavy atom. The predicted molar refractivity (Wildman–Crippen MR) is 73.7 cm³/mol. The monoisotopic (exact) mass is 264 g/mol. The van der Waals surface area contributed by atoms with E-state index in [0.717, 1.165) is 29.5 Å². The summed E-state index contributed by atoms with van der Waals surface area (Å²) in [6.07, 6.45) is 6.31. The molecule has 0 radical (unpaired) electrons. The van der Waals surface area contributed by atoms with Crippen LogP contribution in [0.2, 0.25) is 5.02 Å². The molecule has 1 aromatic heterocycles. The highest BCUT2D eigenvalue weighted by Crippen LogP contribution is 2.18. The van der Waals surface area contributed by atoms with Gasteiger partial charge in [-0.1, -0.05) is 23.7 Å². The summed E-state index contributed by atoms with van der Waals surface area (Å²) >= 11 is 5.78. The van der Waals surface area contributed by atoms with Gasteiger partial charge in [0, 0.05) is 37.0 Å². The van der Waals surface area contributed by atoms with Crippen molar-refractivity contribution in [3.63, 3.8) is 0 Å². The van der Waals surface area contributed by atoms with Gasteiger partial charge in [0.05, 0.1) is 12.0 Å². The van der Waals surface area contributed by atoms with Gasteiger partial charge in [0.15, 0.2) is 0 Å². The van der Waals surface area contributed by atoms with Crippen molar-refractivity contribution in [2.45, 2.75) is 12.8 Å². The maximum absolute atomic E-state index is 5.78. The largest absolute Gasteiger partial charge is 0.381 e. The molecular weight excluding hydrogens is 248 g/mol. The van der Waals surface area contributed by atoms with Crippen molar-refractivity contribution < 1.29 is 4.74 Å². The van der Waals surface area contributed by atoms with Crippen molar-refractivity contribution in [1.29, 1.82) is 0 Å². The summed E-state index contributed by atoms with van der Waals surface area (Å²) in [6, 6.07) is 7.66. The molecule has 4 heteroatoms. The Balaban J connectivity index is 0.000000202. The molecule has 18 heavy (non-hydrogen) atoms. The zero-order chi connectivity index (χ0) is 12.8. The van der Waals surface area contributed by atoms with E-state index < -0.39 is 0 Å². The Labute approximate surface area is 112 Å². The lowest BCUT2D eigenvalue weighted by molar-refractivity contribution is 0.198. The van der Waals surface area contributed by atoms with E-state index >= 15 is 0 Å². The van der Waals surface area contributed by atoms with E-state index in [4.69, 9.17) is 16.3 Å². The molecule has 1 aliphatic heterocycles. The van der Waals surface area contributed by atoms with E-state index in [1.807, 2.05) is 42.1 Å². The van der Waals surface area contributed by atoms with Gasteiger partial charge < -0.3 is 9.30 Å². The SMILES string of the molecule is C1CCOC1.Cn1cnc(-c2ccc(Cl)cc2)c1. The average Bonchev–Trinajstić information content (AvgIpc) is 3.04. The number of hydrogen-bond acceptors (Lipinski definition) is 2. The van der Waals surface area contributed by atoms with Crippen LogP contribution >= 0.6 is 11.6 Å². The minimum absolute atomic E-state index is 0.750. The normalized spacial score (nSPS) is 14.1. The second-order valence-electron chi connectivity index (χ2n) is 4.25. The minimum atomic E-state index is 0.750. The molecule has 1 aromatic carbocycles. The van der Waals surface area contributed by atoms with Crippen molar-refractivity contribution in [2.75, 3.05) is 13.2 Å². The molecule has 3 rings (SSSR count). The van der Waals surface area contributed by atoms with Crippen molar-refractivity contribution >= 4 is 11.6 Å². The van der Waals surface area contributed by atoms with E-state index in [9.17, 15) is 0 Å². The van der Waals surface area contributed by atoms with Crippen LogP contribution in [-0.4, -0.2) is 22.8 Å². The van der Waals surface area contributed by atoms with Crippen molar-refractivity contribution in [3.05, 3.63) is 41.8 Å². The molecule has 1 aliphatic rings. The van der Waals surface area contributed by atoms with Gasteiger partial charge in [-0.3, -0.25) is 0 Å². The summed E-state index contributed by atoms with van der Waals surface area (Å²) in [5, 5.41) is 0.750. The van der Waals surface area contributed by atoms with Crippen LogP contribution in [0.1, 0.15) is 12.8 Å². The van der Waals surface area contributed by atoms with Crippen LogP contribution < -0.4 is 0 Å². The second-order valence-corrected chi connectivity index (χ2v) is 4.69. The Morgan fingerprint density at radius 2 is 1.83 bits per heavy atom. The van der Waals surface area contributed by atoms with Gasteiger partial charge in [0.1, 0.15) is 0 Å². The molecule has 0 saturated carbocycles. The fraction of sp³-hybridized carbons (Fsp3) is 0.357. The average molecular weight is 265 g/mol. The number of benzene rings is 1. The number of ether oxygens (including phenoxy) is 1. The first-order valence-corrected chi connectivity index (χ1v) is 6.45. The van der Waals surface area contributed by atoms with E-state index in [-0.39, 0.29) is 0 Å². The molecule has 0 spiro atoms. The van der Waals surface area contributed by atoms with Gasteiger partial charge in [0.2, 0.25) is 0 Å². The fourth-order valence-electron chi connectivity index (χ4n) is 1.69. The molecule has 2 heterocycles. The highest BCUT2D eigenvalue weighted by atomic mass is 35.5. The van der Waals surface area contributed by atoms with Crippen LogP contribution in [0.4, 0.5) is 0 Å². The first kappa shape index (κ1) is 13.1. The topological polar surface area (TPSA) is 27.1 Å². The van der Waals surface area contributed by atoms with Crippen LogP contribution in [-0.2, 0) is 11.8 Å². The molecular formula is C14H17ClN2O. The summed E-state index contributed by atoms with van der Waals surface area (Å²) < 4.78 is 6.87. The van der Waals surface area contributed by atoms with Gasteiger partial charge in [0.25, 0.3) is 0 Å². The molecule has 3 nitrogen and oxygen atoms in total. The molecule has 0 unspecified atom stereocenters. The molecule has 0 amide bonds. The highest BCUT2D eigenvalue weighted by Gasteiger charge is 1.99. The van der Waals surface area contributed by atoms with Gasteiger partial charge in [-0.25, -0.2) is 4.98 Å². The molecule has 1 fully saturated rings. The second kappa shape index (κ2) is 6.57. The number of hydrogen-bond donors (Lipinski definition) is 0. The quantitative estimate of drug-likeness (QED) is 0.788. The van der Waals surface area contributed by atoms with Gasteiger partial charge >= 0.3 is 0 Å². The number of aryl methyl sites for hydroxylation is 1. The third-order valence-electron chi connectivity index (χ3n) is 2.67. The number of aromatic nitrogens is 2. The highest BCUT2D eigenvalue weighted by molar-refractivity contribution is 6.30. The fourth-order valence-corrected chi connectivity index (χ4v) is 1.82. The standard InChI is InChI=1S/C10H9ClN2.C4H8O/c1-13-6-10(12-7-13)8-2-4-9(11)5-3-8;1-2-4-5-3-1/h2-7H,1H3;1-4H2. The molecule has 0 N–H and O–H groups in total. The third kappa shape index (κ3) is 3.86. The maximum Gasteiger partial charge on any atom is 0.0951 e. The van der Waals surface area contributed by atoms with Crippen molar-refractivity contribution in [1.82, 2.24) is 9.55 Å². The Morgan fingerprint density at radius 3 is 2.28 bits per heavy atom. The summed E-state index contributed by atoms with van der Waals surface area (Å²) in [5.74, 6) is 0. The smallest absolute Gasteiger partial charge is 0.0951 e. The van der Waals surface area contributed by atoms with Crippen LogP contribution in [0.25, 0.3) is 11.3 Å². The molecule has 0 atom stereocenters. The first-order chi connectivity index (χ1) is 8.75. The van der Waals surface area contributed by atoms with E-state index in [1.165, 1.54) is 12.8 Å². The van der Waals surface area contributed by atoms with Gasteiger partial charge in [-0.2, -0.15) is 0 Å². The zero-order valence-electron chi connectivity index (χ0n) is 10.5. The Bertz CT molecular complexity index is 467. The van der Waals surface area contributed by atoms with E-state index in [2.05, 4.69) is 4.98 Å². The van der Waals surface area contributed by atoms with Crippen LogP contribution in [0.15, 0.2) is 36.8 Å². The molecule has 96 valence electrons.